The van der Waals surface area contributed by atoms with E-state index in [1.54, 1.807) is 43.0 Å². The first-order valence-corrected chi connectivity index (χ1v) is 11.7. The topological polar surface area (TPSA) is 66.2 Å². The molecule has 184 valence electrons. The first kappa shape index (κ1) is 23.9. The van der Waals surface area contributed by atoms with Gasteiger partial charge in [0.05, 0.1) is 32.4 Å². The number of rotatable bonds is 7. The molecular weight excluding hydrogens is 466 g/mol. The van der Waals surface area contributed by atoms with Crippen LogP contribution in [0.4, 0.5) is 0 Å². The van der Waals surface area contributed by atoms with Crippen LogP contribution >= 0.6 is 0 Å². The standard InChI is InChI=1S/C31H25NO5/c1-35-24-14-9-20(10-15-24)27-26-18-13-23(31(34)37-3)19-32(26)29(30(33)22-7-5-4-6-8-22)28(27)21-11-16-25(36-2)17-12-21/h4-19H,1-3H3. The summed E-state index contributed by atoms with van der Waals surface area (Å²) in [5.74, 6) is 0.795. The predicted octanol–water partition coefficient (Wildman–Crippen LogP) is 6.31. The van der Waals surface area contributed by atoms with E-state index in [1.807, 2.05) is 72.8 Å². The first-order chi connectivity index (χ1) is 18.0. The zero-order valence-electron chi connectivity index (χ0n) is 20.7. The van der Waals surface area contributed by atoms with Gasteiger partial charge in [-0.2, -0.15) is 0 Å². The van der Waals surface area contributed by atoms with E-state index in [0.29, 0.717) is 22.6 Å². The maximum absolute atomic E-state index is 14.1. The van der Waals surface area contributed by atoms with Gasteiger partial charge in [-0.05, 0) is 47.5 Å². The molecule has 0 bridgehead atoms. The summed E-state index contributed by atoms with van der Waals surface area (Å²) in [7, 11) is 4.57. The molecule has 2 heterocycles. The third-order valence-electron chi connectivity index (χ3n) is 6.36. The molecule has 0 saturated carbocycles. The molecule has 0 radical (unpaired) electrons. The van der Waals surface area contributed by atoms with Crippen LogP contribution in [-0.4, -0.2) is 37.5 Å². The van der Waals surface area contributed by atoms with Crippen LogP contribution in [-0.2, 0) is 4.74 Å². The smallest absolute Gasteiger partial charge is 0.339 e. The quantitative estimate of drug-likeness (QED) is 0.197. The van der Waals surface area contributed by atoms with Gasteiger partial charge < -0.3 is 18.6 Å². The second kappa shape index (κ2) is 10.0. The van der Waals surface area contributed by atoms with Crippen molar-refractivity contribution in [2.45, 2.75) is 0 Å². The van der Waals surface area contributed by atoms with Crippen LogP contribution in [0.1, 0.15) is 26.4 Å². The fraction of sp³-hybridized carbons (Fsp3) is 0.0968. The molecule has 37 heavy (non-hydrogen) atoms. The number of pyridine rings is 1. The van der Waals surface area contributed by atoms with Crippen molar-refractivity contribution >= 4 is 17.3 Å². The molecule has 3 aromatic carbocycles. The lowest BCUT2D eigenvalue weighted by Crippen LogP contribution is -2.09. The highest BCUT2D eigenvalue weighted by Crippen LogP contribution is 2.42. The Labute approximate surface area is 214 Å². The highest BCUT2D eigenvalue weighted by Gasteiger charge is 2.27. The highest BCUT2D eigenvalue weighted by atomic mass is 16.5. The number of aromatic nitrogens is 1. The molecule has 0 aliphatic heterocycles. The summed E-state index contributed by atoms with van der Waals surface area (Å²) in [4.78, 5) is 26.5. The van der Waals surface area contributed by atoms with E-state index < -0.39 is 5.97 Å². The van der Waals surface area contributed by atoms with Gasteiger partial charge in [-0.3, -0.25) is 4.79 Å². The fourth-order valence-corrected chi connectivity index (χ4v) is 4.53. The second-order valence-electron chi connectivity index (χ2n) is 8.42. The fourth-order valence-electron chi connectivity index (χ4n) is 4.53. The number of carbonyl (C=O) groups excluding carboxylic acids is 2. The van der Waals surface area contributed by atoms with Crippen LogP contribution in [0.2, 0.25) is 0 Å². The molecule has 5 aromatic rings. The Hall–Kier alpha value is -4.84. The van der Waals surface area contributed by atoms with Crippen LogP contribution < -0.4 is 9.47 Å². The van der Waals surface area contributed by atoms with Crippen LogP contribution in [0.5, 0.6) is 11.5 Å². The van der Waals surface area contributed by atoms with E-state index in [-0.39, 0.29) is 5.78 Å². The molecule has 0 aliphatic carbocycles. The molecule has 0 spiro atoms. The van der Waals surface area contributed by atoms with Gasteiger partial charge in [-0.15, -0.1) is 0 Å². The lowest BCUT2D eigenvalue weighted by molar-refractivity contribution is 0.0600. The molecule has 0 aliphatic rings. The van der Waals surface area contributed by atoms with Gasteiger partial charge in [-0.25, -0.2) is 4.79 Å². The minimum atomic E-state index is -0.481. The Bertz CT molecular complexity index is 1580. The van der Waals surface area contributed by atoms with Gasteiger partial charge in [0.25, 0.3) is 0 Å². The monoisotopic (exact) mass is 491 g/mol. The number of esters is 1. The average molecular weight is 492 g/mol. The van der Waals surface area contributed by atoms with Crippen LogP contribution in [0.25, 0.3) is 27.8 Å². The number of benzene rings is 3. The lowest BCUT2D eigenvalue weighted by atomic mass is 9.93. The Morgan fingerprint density at radius 1 is 0.622 bits per heavy atom. The van der Waals surface area contributed by atoms with Crippen molar-refractivity contribution in [1.82, 2.24) is 4.40 Å². The normalized spacial score (nSPS) is 10.8. The number of hydrogen-bond donors (Lipinski definition) is 0. The minimum Gasteiger partial charge on any atom is -0.497 e. The summed E-state index contributed by atoms with van der Waals surface area (Å²) >= 11 is 0. The number of ether oxygens (including phenoxy) is 3. The summed E-state index contributed by atoms with van der Waals surface area (Å²) < 4.78 is 17.5. The molecule has 0 fully saturated rings. The molecule has 0 unspecified atom stereocenters. The van der Waals surface area contributed by atoms with Gasteiger partial charge in [0.1, 0.15) is 17.2 Å². The average Bonchev–Trinajstić information content (AvgIpc) is 3.31. The summed E-state index contributed by atoms with van der Waals surface area (Å²) in [5.41, 5.74) is 5.48. The second-order valence-corrected chi connectivity index (χ2v) is 8.42. The number of nitrogens with zero attached hydrogens (tertiary/aromatic N) is 1. The third kappa shape index (κ3) is 4.34. The van der Waals surface area contributed by atoms with Gasteiger partial charge in [-0.1, -0.05) is 54.6 Å². The third-order valence-corrected chi connectivity index (χ3v) is 6.36. The summed E-state index contributed by atoms with van der Waals surface area (Å²) in [6.07, 6.45) is 1.66. The number of carbonyl (C=O) groups is 2. The van der Waals surface area contributed by atoms with Crippen LogP contribution in [0.3, 0.4) is 0 Å². The van der Waals surface area contributed by atoms with E-state index in [1.165, 1.54) is 7.11 Å². The lowest BCUT2D eigenvalue weighted by Gasteiger charge is -2.10. The van der Waals surface area contributed by atoms with E-state index >= 15 is 0 Å². The van der Waals surface area contributed by atoms with Gasteiger partial charge in [0, 0.05) is 22.9 Å². The Balaban J connectivity index is 1.89. The SMILES string of the molecule is COC(=O)c1ccc2c(-c3ccc(OC)cc3)c(-c3ccc(OC)cc3)c(C(=O)c3ccccc3)n2c1. The molecule has 5 rings (SSSR count). The van der Waals surface area contributed by atoms with Gasteiger partial charge in [0.2, 0.25) is 5.78 Å². The summed E-state index contributed by atoms with van der Waals surface area (Å²) in [6.45, 7) is 0. The first-order valence-electron chi connectivity index (χ1n) is 11.7. The number of methoxy groups -OCH3 is 3. The van der Waals surface area contributed by atoms with Gasteiger partial charge in [0.15, 0.2) is 0 Å². The van der Waals surface area contributed by atoms with Crippen LogP contribution in [0, 0.1) is 0 Å². The zero-order chi connectivity index (χ0) is 25.9. The number of ketones is 1. The Kier molecular flexibility index (Phi) is 6.47. The van der Waals surface area contributed by atoms with Crippen molar-refractivity contribution in [3.05, 3.63) is 114 Å². The molecular formula is C31H25NO5. The Morgan fingerprint density at radius 2 is 1.19 bits per heavy atom. The molecule has 2 aromatic heterocycles. The van der Waals surface area contributed by atoms with E-state index in [9.17, 15) is 9.59 Å². The van der Waals surface area contributed by atoms with Crippen molar-refractivity contribution < 1.29 is 23.8 Å². The van der Waals surface area contributed by atoms with Crippen molar-refractivity contribution in [3.8, 4) is 33.8 Å². The predicted molar refractivity (Wildman–Crippen MR) is 143 cm³/mol. The largest absolute Gasteiger partial charge is 0.497 e. The summed E-state index contributed by atoms with van der Waals surface area (Å²) in [6, 6.07) is 28.0. The number of hydrogen-bond acceptors (Lipinski definition) is 5. The van der Waals surface area contributed by atoms with Crippen LogP contribution in [0.15, 0.2) is 97.2 Å². The molecule has 6 nitrogen and oxygen atoms in total. The Morgan fingerprint density at radius 3 is 1.73 bits per heavy atom. The van der Waals surface area contributed by atoms with Crippen molar-refractivity contribution in [1.29, 1.82) is 0 Å². The van der Waals surface area contributed by atoms with Crippen molar-refractivity contribution in [2.24, 2.45) is 0 Å². The minimum absolute atomic E-state index is 0.164. The zero-order valence-corrected chi connectivity index (χ0v) is 20.7. The molecule has 0 saturated heterocycles. The van der Waals surface area contributed by atoms with Gasteiger partial charge >= 0.3 is 5.97 Å². The van der Waals surface area contributed by atoms with E-state index in [2.05, 4.69) is 0 Å². The maximum atomic E-state index is 14.1. The van der Waals surface area contributed by atoms with E-state index in [0.717, 1.165) is 33.5 Å². The summed E-state index contributed by atoms with van der Waals surface area (Å²) in [5, 5.41) is 0. The van der Waals surface area contributed by atoms with Crippen molar-refractivity contribution in [2.75, 3.05) is 21.3 Å². The molecule has 6 heteroatoms. The number of fused-ring (bicyclic) bond motifs is 1. The molecule has 0 atom stereocenters. The van der Waals surface area contributed by atoms with Crippen molar-refractivity contribution in [3.63, 3.8) is 0 Å². The molecule has 0 N–H and O–H groups in total. The molecule has 0 amide bonds. The van der Waals surface area contributed by atoms with E-state index in [4.69, 9.17) is 14.2 Å². The highest BCUT2D eigenvalue weighted by molar-refractivity contribution is 6.16. The maximum Gasteiger partial charge on any atom is 0.339 e.